The van der Waals surface area contributed by atoms with Crippen LogP contribution in [0.4, 0.5) is 5.69 Å². The van der Waals surface area contributed by atoms with Crippen molar-refractivity contribution in [2.24, 2.45) is 0 Å². The molecule has 0 bridgehead atoms. The summed E-state index contributed by atoms with van der Waals surface area (Å²) in [5.74, 6) is -0.567. The van der Waals surface area contributed by atoms with Crippen LogP contribution in [0.15, 0.2) is 53.1 Å². The molecular formula is C15H11N3O5. The van der Waals surface area contributed by atoms with Crippen LogP contribution >= 0.6 is 0 Å². The lowest BCUT2D eigenvalue weighted by molar-refractivity contribution is -0.991. The second kappa shape index (κ2) is 5.97. The van der Waals surface area contributed by atoms with Crippen LogP contribution in [0.3, 0.4) is 0 Å². The minimum atomic E-state index is -1.04. The molecule has 0 spiro atoms. The number of hydrogen-bond donors (Lipinski definition) is 3. The van der Waals surface area contributed by atoms with Gasteiger partial charge in [-0.15, -0.1) is 0 Å². The molecule has 0 saturated heterocycles. The molecule has 3 rings (SSSR count). The first-order valence-electron chi connectivity index (χ1n) is 6.56. The van der Waals surface area contributed by atoms with Crippen molar-refractivity contribution in [3.63, 3.8) is 0 Å². The maximum atomic E-state index is 11.0. The number of carboxylic acid groups (broad SMARTS) is 1. The number of carboxylic acids is 1. The standard InChI is InChI=1S/C15H11N3O5/c19-15(20)11-3-1-2-10(8-11)13-16-14(23-17-13)9-4-6-12(7-5-9)18(21)22/h1-8,18,21H,(H,19,20). The van der Waals surface area contributed by atoms with E-state index in [1.54, 1.807) is 24.3 Å². The Morgan fingerprint density at radius 2 is 1.87 bits per heavy atom. The van der Waals surface area contributed by atoms with Crippen molar-refractivity contribution in [3.8, 4) is 22.8 Å². The zero-order valence-corrected chi connectivity index (χ0v) is 11.6. The molecule has 0 aliphatic rings. The largest absolute Gasteiger partial charge is 0.595 e. The van der Waals surface area contributed by atoms with Crippen LogP contribution in [-0.2, 0) is 0 Å². The number of nitrogens with zero attached hydrogens (tertiary/aromatic N) is 2. The van der Waals surface area contributed by atoms with E-state index < -0.39 is 11.2 Å². The monoisotopic (exact) mass is 313 g/mol. The number of nitrogens with one attached hydrogen (secondary N) is 1. The smallest absolute Gasteiger partial charge is 0.335 e. The van der Waals surface area contributed by atoms with Gasteiger partial charge in [-0.1, -0.05) is 17.3 Å². The number of aromatic carboxylic acids is 1. The highest BCUT2D eigenvalue weighted by molar-refractivity contribution is 5.89. The summed E-state index contributed by atoms with van der Waals surface area (Å²) in [6, 6.07) is 12.2. The predicted octanol–water partition coefficient (Wildman–Crippen LogP) is 1.51. The first kappa shape index (κ1) is 14.9. The van der Waals surface area contributed by atoms with Crippen molar-refractivity contribution in [2.75, 3.05) is 0 Å². The molecule has 1 atom stereocenters. The van der Waals surface area contributed by atoms with Gasteiger partial charge in [-0.3, -0.25) is 0 Å². The molecule has 0 aliphatic carbocycles. The van der Waals surface area contributed by atoms with Crippen LogP contribution in [-0.4, -0.2) is 26.4 Å². The third-order valence-electron chi connectivity index (χ3n) is 3.17. The number of quaternary nitrogens is 1. The van der Waals surface area contributed by atoms with Crippen LogP contribution in [0.1, 0.15) is 10.4 Å². The van der Waals surface area contributed by atoms with Crippen LogP contribution in [0.5, 0.6) is 0 Å². The molecule has 0 radical (unpaired) electrons. The third kappa shape index (κ3) is 3.09. The fourth-order valence-electron chi connectivity index (χ4n) is 2.00. The van der Waals surface area contributed by atoms with E-state index in [0.29, 0.717) is 11.1 Å². The molecule has 0 amide bonds. The molecule has 23 heavy (non-hydrogen) atoms. The van der Waals surface area contributed by atoms with Gasteiger partial charge in [0.2, 0.25) is 5.82 Å². The highest BCUT2D eigenvalue weighted by Crippen LogP contribution is 2.23. The van der Waals surface area contributed by atoms with Gasteiger partial charge in [-0.25, -0.2) is 10.0 Å². The molecule has 0 saturated carbocycles. The average molecular weight is 313 g/mol. The number of rotatable bonds is 4. The van der Waals surface area contributed by atoms with Crippen molar-refractivity contribution >= 4 is 11.7 Å². The van der Waals surface area contributed by atoms with E-state index in [1.165, 1.54) is 24.3 Å². The fourth-order valence-corrected chi connectivity index (χ4v) is 2.00. The van der Waals surface area contributed by atoms with E-state index in [9.17, 15) is 10.0 Å². The molecule has 8 nitrogen and oxygen atoms in total. The third-order valence-corrected chi connectivity index (χ3v) is 3.17. The summed E-state index contributed by atoms with van der Waals surface area (Å²) in [7, 11) is 0. The highest BCUT2D eigenvalue weighted by Gasteiger charge is 2.13. The number of hydrogen-bond acceptors (Lipinski definition) is 6. The molecule has 3 aromatic rings. The Labute approximate surface area is 129 Å². The molecule has 1 aromatic heterocycles. The zero-order chi connectivity index (χ0) is 16.4. The Bertz CT molecular complexity index is 842. The maximum absolute atomic E-state index is 11.0. The molecule has 1 heterocycles. The van der Waals surface area contributed by atoms with Crippen LogP contribution < -0.4 is 5.23 Å². The molecule has 1 unspecified atom stereocenters. The summed E-state index contributed by atoms with van der Waals surface area (Å²) in [5.41, 5.74) is 1.37. The molecule has 3 N–H and O–H groups in total. The van der Waals surface area contributed by atoms with Gasteiger partial charge in [0.05, 0.1) is 5.56 Å². The maximum Gasteiger partial charge on any atom is 0.335 e. The molecule has 2 aromatic carbocycles. The van der Waals surface area contributed by atoms with Gasteiger partial charge in [0, 0.05) is 23.3 Å². The lowest BCUT2D eigenvalue weighted by Crippen LogP contribution is -2.99. The first-order chi connectivity index (χ1) is 11.0. The average Bonchev–Trinajstić information content (AvgIpc) is 3.05. The highest BCUT2D eigenvalue weighted by atomic mass is 16.8. The molecule has 116 valence electrons. The lowest BCUT2D eigenvalue weighted by atomic mass is 10.1. The van der Waals surface area contributed by atoms with Crippen LogP contribution in [0.25, 0.3) is 22.8 Å². The SMILES string of the molecule is O=C(O)c1cccc(-c2noc(-c3ccc([NH+]([O-])O)cc3)n2)c1. The minimum absolute atomic E-state index is 0.125. The second-order valence-electron chi connectivity index (χ2n) is 4.69. The van der Waals surface area contributed by atoms with E-state index in [0.717, 1.165) is 0 Å². The Hall–Kier alpha value is -3.07. The van der Waals surface area contributed by atoms with Gasteiger partial charge in [-0.05, 0) is 24.3 Å². The van der Waals surface area contributed by atoms with Crippen LogP contribution in [0.2, 0.25) is 0 Å². The zero-order valence-electron chi connectivity index (χ0n) is 11.6. The van der Waals surface area contributed by atoms with Crippen LogP contribution in [0, 0.1) is 5.21 Å². The van der Waals surface area contributed by atoms with Crippen molar-refractivity contribution in [3.05, 3.63) is 59.3 Å². The quantitative estimate of drug-likeness (QED) is 0.623. The summed E-state index contributed by atoms with van der Waals surface area (Å²) >= 11 is 0. The topological polar surface area (TPSA) is 124 Å². The van der Waals surface area contributed by atoms with E-state index in [2.05, 4.69) is 10.1 Å². The van der Waals surface area contributed by atoms with Gasteiger partial charge in [0.1, 0.15) is 0 Å². The Kier molecular flexibility index (Phi) is 3.85. The summed E-state index contributed by atoms with van der Waals surface area (Å²) in [6.07, 6.45) is 0. The van der Waals surface area contributed by atoms with Gasteiger partial charge in [0.25, 0.3) is 5.89 Å². The van der Waals surface area contributed by atoms with Crippen molar-refractivity contribution in [1.29, 1.82) is 0 Å². The van der Waals surface area contributed by atoms with E-state index in [1.807, 2.05) is 0 Å². The fraction of sp³-hybridized carbons (Fsp3) is 0. The first-order valence-corrected chi connectivity index (χ1v) is 6.56. The second-order valence-corrected chi connectivity index (χ2v) is 4.69. The number of aromatic nitrogens is 2. The van der Waals surface area contributed by atoms with Gasteiger partial charge in [-0.2, -0.15) is 10.2 Å². The number of carbonyl (C=O) groups is 1. The summed E-state index contributed by atoms with van der Waals surface area (Å²) < 4.78 is 5.15. The molecule has 0 aliphatic heterocycles. The van der Waals surface area contributed by atoms with E-state index in [4.69, 9.17) is 14.8 Å². The lowest BCUT2D eigenvalue weighted by Gasteiger charge is -2.10. The molecule has 0 fully saturated rings. The predicted molar refractivity (Wildman–Crippen MR) is 77.9 cm³/mol. The Balaban J connectivity index is 1.91. The van der Waals surface area contributed by atoms with E-state index >= 15 is 0 Å². The van der Waals surface area contributed by atoms with Crippen molar-refractivity contribution in [1.82, 2.24) is 10.1 Å². The molecular weight excluding hydrogens is 302 g/mol. The van der Waals surface area contributed by atoms with Crippen molar-refractivity contribution < 1.29 is 24.9 Å². The summed E-state index contributed by atoms with van der Waals surface area (Å²) in [4.78, 5) is 15.2. The number of benzene rings is 2. The summed E-state index contributed by atoms with van der Waals surface area (Å²) in [5, 5.41) is 31.5. The van der Waals surface area contributed by atoms with Gasteiger partial charge < -0.3 is 14.8 Å². The van der Waals surface area contributed by atoms with Gasteiger partial charge >= 0.3 is 5.97 Å². The van der Waals surface area contributed by atoms with Crippen molar-refractivity contribution in [2.45, 2.75) is 0 Å². The normalized spacial score (nSPS) is 12.1. The molecule has 8 heteroatoms. The Morgan fingerprint density at radius 3 is 2.52 bits per heavy atom. The van der Waals surface area contributed by atoms with E-state index in [-0.39, 0.29) is 23.0 Å². The minimum Gasteiger partial charge on any atom is -0.595 e. The Morgan fingerprint density at radius 1 is 1.13 bits per heavy atom. The summed E-state index contributed by atoms with van der Waals surface area (Å²) in [6.45, 7) is 0. The van der Waals surface area contributed by atoms with Gasteiger partial charge in [0.15, 0.2) is 5.69 Å².